The van der Waals surface area contributed by atoms with Crippen LogP contribution in [0.5, 0.6) is 0 Å². The monoisotopic (exact) mass is 284 g/mol. The second-order valence-electron chi connectivity index (χ2n) is 6.42. The molecule has 1 rings (SSSR count). The molecule has 0 aromatic rings. The second kappa shape index (κ2) is 7.50. The normalized spacial score (nSPS) is 23.8. The van der Waals surface area contributed by atoms with Crippen molar-refractivity contribution in [3.63, 3.8) is 0 Å². The minimum absolute atomic E-state index is 0.249. The quantitative estimate of drug-likeness (QED) is 0.679. The first kappa shape index (κ1) is 16.8. The number of carbonyl (C=O) groups excluding carboxylic acids is 1. The SMILES string of the molecule is CCCC(C)(C)NC(=O)NC1CCCCCC1C(=O)O. The van der Waals surface area contributed by atoms with E-state index in [0.29, 0.717) is 6.42 Å². The Morgan fingerprint density at radius 2 is 1.85 bits per heavy atom. The smallest absolute Gasteiger partial charge is 0.315 e. The zero-order chi connectivity index (χ0) is 15.2. The van der Waals surface area contributed by atoms with Gasteiger partial charge in [0.15, 0.2) is 0 Å². The van der Waals surface area contributed by atoms with E-state index in [1.165, 1.54) is 0 Å². The summed E-state index contributed by atoms with van der Waals surface area (Å²) in [6.07, 6.45) is 6.25. The molecule has 20 heavy (non-hydrogen) atoms. The van der Waals surface area contributed by atoms with Crippen molar-refractivity contribution < 1.29 is 14.7 Å². The number of rotatable bonds is 5. The predicted molar refractivity (Wildman–Crippen MR) is 78.7 cm³/mol. The fourth-order valence-electron chi connectivity index (χ4n) is 2.98. The Hall–Kier alpha value is -1.26. The molecular formula is C15H28N2O3. The molecule has 3 N–H and O–H groups in total. The van der Waals surface area contributed by atoms with E-state index in [2.05, 4.69) is 17.6 Å². The van der Waals surface area contributed by atoms with Crippen LogP contribution < -0.4 is 10.6 Å². The lowest BCUT2D eigenvalue weighted by molar-refractivity contribution is -0.142. The van der Waals surface area contributed by atoms with E-state index < -0.39 is 11.9 Å². The van der Waals surface area contributed by atoms with Crippen molar-refractivity contribution >= 4 is 12.0 Å². The first-order chi connectivity index (χ1) is 9.35. The Morgan fingerprint density at radius 3 is 2.45 bits per heavy atom. The number of nitrogens with one attached hydrogen (secondary N) is 2. The number of carboxylic acids is 1. The van der Waals surface area contributed by atoms with Crippen LogP contribution in [0.3, 0.4) is 0 Å². The van der Waals surface area contributed by atoms with Gasteiger partial charge in [-0.25, -0.2) is 4.79 Å². The minimum Gasteiger partial charge on any atom is -0.481 e. The lowest BCUT2D eigenvalue weighted by Gasteiger charge is -2.29. The van der Waals surface area contributed by atoms with E-state index in [4.69, 9.17) is 0 Å². The number of carbonyl (C=O) groups is 2. The highest BCUT2D eigenvalue weighted by atomic mass is 16.4. The van der Waals surface area contributed by atoms with Gasteiger partial charge in [0, 0.05) is 11.6 Å². The summed E-state index contributed by atoms with van der Waals surface area (Å²) in [7, 11) is 0. The molecule has 0 saturated heterocycles. The summed E-state index contributed by atoms with van der Waals surface area (Å²) in [6.45, 7) is 6.04. The molecule has 0 bridgehead atoms. The van der Waals surface area contributed by atoms with Gasteiger partial charge < -0.3 is 15.7 Å². The molecule has 2 atom stereocenters. The number of aliphatic carboxylic acids is 1. The average molecular weight is 284 g/mol. The molecule has 1 fully saturated rings. The Bertz CT molecular complexity index is 342. The zero-order valence-corrected chi connectivity index (χ0v) is 12.9. The first-order valence-electron chi connectivity index (χ1n) is 7.67. The van der Waals surface area contributed by atoms with E-state index in [0.717, 1.165) is 38.5 Å². The van der Waals surface area contributed by atoms with Gasteiger partial charge >= 0.3 is 12.0 Å². The van der Waals surface area contributed by atoms with Gasteiger partial charge in [-0.15, -0.1) is 0 Å². The molecule has 0 aromatic carbocycles. The van der Waals surface area contributed by atoms with Crippen molar-refractivity contribution in [2.24, 2.45) is 5.92 Å². The molecule has 0 spiro atoms. The van der Waals surface area contributed by atoms with E-state index in [9.17, 15) is 14.7 Å². The van der Waals surface area contributed by atoms with Gasteiger partial charge in [-0.05, 0) is 33.1 Å². The summed E-state index contributed by atoms with van der Waals surface area (Å²) in [5.74, 6) is -1.26. The van der Waals surface area contributed by atoms with E-state index >= 15 is 0 Å². The Morgan fingerprint density at radius 1 is 1.20 bits per heavy atom. The van der Waals surface area contributed by atoms with Crippen LogP contribution in [0.15, 0.2) is 0 Å². The zero-order valence-electron chi connectivity index (χ0n) is 12.9. The Labute approximate surface area is 121 Å². The molecule has 1 aliphatic rings. The summed E-state index contributed by atoms with van der Waals surface area (Å²) in [4.78, 5) is 23.4. The van der Waals surface area contributed by atoms with E-state index in [1.807, 2.05) is 13.8 Å². The first-order valence-corrected chi connectivity index (χ1v) is 7.67. The van der Waals surface area contributed by atoms with Gasteiger partial charge in [0.05, 0.1) is 5.92 Å². The molecule has 0 radical (unpaired) electrons. The van der Waals surface area contributed by atoms with Crippen LogP contribution in [0.25, 0.3) is 0 Å². The van der Waals surface area contributed by atoms with E-state index in [1.54, 1.807) is 0 Å². The van der Waals surface area contributed by atoms with Gasteiger partial charge in [0.25, 0.3) is 0 Å². The summed E-state index contributed by atoms with van der Waals surface area (Å²) in [5.41, 5.74) is -0.262. The van der Waals surface area contributed by atoms with Crippen molar-refractivity contribution in [1.82, 2.24) is 10.6 Å². The summed E-state index contributed by atoms with van der Waals surface area (Å²) in [5, 5.41) is 15.1. The molecule has 5 nitrogen and oxygen atoms in total. The Balaban J connectivity index is 2.59. The van der Waals surface area contributed by atoms with Crippen LogP contribution >= 0.6 is 0 Å². The topological polar surface area (TPSA) is 78.4 Å². The average Bonchev–Trinajstić information content (AvgIpc) is 2.53. The van der Waals surface area contributed by atoms with Crippen molar-refractivity contribution in [3.05, 3.63) is 0 Å². The summed E-state index contributed by atoms with van der Waals surface area (Å²) >= 11 is 0. The Kier molecular flexibility index (Phi) is 6.30. The van der Waals surface area contributed by atoms with Crippen LogP contribution in [0, 0.1) is 5.92 Å². The molecule has 116 valence electrons. The van der Waals surface area contributed by atoms with Crippen LogP contribution in [0.2, 0.25) is 0 Å². The molecule has 1 aliphatic carbocycles. The molecule has 2 amide bonds. The lowest BCUT2D eigenvalue weighted by atomic mass is 9.95. The van der Waals surface area contributed by atoms with Gasteiger partial charge in [0.2, 0.25) is 0 Å². The number of hydrogen-bond donors (Lipinski definition) is 3. The van der Waals surface area contributed by atoms with Gasteiger partial charge in [0.1, 0.15) is 0 Å². The second-order valence-corrected chi connectivity index (χ2v) is 6.42. The third-order valence-electron chi connectivity index (χ3n) is 3.98. The molecule has 0 aliphatic heterocycles. The number of urea groups is 1. The van der Waals surface area contributed by atoms with Crippen LogP contribution in [0.4, 0.5) is 4.79 Å². The van der Waals surface area contributed by atoms with Crippen LogP contribution in [-0.4, -0.2) is 28.7 Å². The lowest BCUT2D eigenvalue weighted by Crippen LogP contribution is -2.53. The molecule has 0 heterocycles. The van der Waals surface area contributed by atoms with E-state index in [-0.39, 0.29) is 17.6 Å². The molecule has 2 unspecified atom stereocenters. The van der Waals surface area contributed by atoms with Crippen molar-refractivity contribution in [3.8, 4) is 0 Å². The van der Waals surface area contributed by atoms with Gasteiger partial charge in [-0.2, -0.15) is 0 Å². The third-order valence-corrected chi connectivity index (χ3v) is 3.98. The molecular weight excluding hydrogens is 256 g/mol. The fraction of sp³-hybridized carbons (Fsp3) is 0.867. The highest BCUT2D eigenvalue weighted by molar-refractivity contribution is 5.77. The molecule has 0 aromatic heterocycles. The largest absolute Gasteiger partial charge is 0.481 e. The maximum absolute atomic E-state index is 12.1. The van der Waals surface area contributed by atoms with Crippen LogP contribution in [-0.2, 0) is 4.79 Å². The van der Waals surface area contributed by atoms with Gasteiger partial charge in [-0.1, -0.05) is 32.6 Å². The molecule has 5 heteroatoms. The minimum atomic E-state index is -0.801. The third kappa shape index (κ3) is 5.39. The fourth-order valence-corrected chi connectivity index (χ4v) is 2.98. The van der Waals surface area contributed by atoms with Crippen molar-refractivity contribution in [2.75, 3.05) is 0 Å². The number of hydrogen-bond acceptors (Lipinski definition) is 2. The van der Waals surface area contributed by atoms with Gasteiger partial charge in [-0.3, -0.25) is 4.79 Å². The number of amides is 2. The summed E-state index contributed by atoms with van der Waals surface area (Å²) in [6, 6.07) is -0.506. The maximum atomic E-state index is 12.1. The molecule has 1 saturated carbocycles. The highest BCUT2D eigenvalue weighted by Crippen LogP contribution is 2.24. The number of carboxylic acid groups (broad SMARTS) is 1. The predicted octanol–water partition coefficient (Wildman–Crippen LogP) is 2.90. The van der Waals surface area contributed by atoms with Crippen molar-refractivity contribution in [2.45, 2.75) is 77.3 Å². The van der Waals surface area contributed by atoms with Crippen molar-refractivity contribution in [1.29, 1.82) is 0 Å². The summed E-state index contributed by atoms with van der Waals surface area (Å²) < 4.78 is 0. The van der Waals surface area contributed by atoms with Crippen LogP contribution in [0.1, 0.15) is 65.7 Å². The maximum Gasteiger partial charge on any atom is 0.315 e. The highest BCUT2D eigenvalue weighted by Gasteiger charge is 2.31. The standard InChI is InChI=1S/C15H28N2O3/c1-4-10-15(2,3)17-14(20)16-12-9-7-5-6-8-11(12)13(18)19/h11-12H,4-10H2,1-3H3,(H,18,19)(H2,16,17,20).